The molecule has 5 rings (SSSR count). The lowest BCUT2D eigenvalue weighted by molar-refractivity contribution is -0.161. The summed E-state index contributed by atoms with van der Waals surface area (Å²) in [5.41, 5.74) is 2.53. The van der Waals surface area contributed by atoms with E-state index in [4.69, 9.17) is 0 Å². The van der Waals surface area contributed by atoms with E-state index >= 15 is 0 Å². The molecule has 9 atom stereocenters. The molecule has 0 aromatic heterocycles. The Morgan fingerprint density at radius 1 is 1.06 bits per heavy atom. The number of nitrogens with zero attached hydrogens (tertiary/aromatic N) is 2. The van der Waals surface area contributed by atoms with Gasteiger partial charge in [-0.1, -0.05) is 6.92 Å². The summed E-state index contributed by atoms with van der Waals surface area (Å²) in [4.78, 5) is 15.3. The summed E-state index contributed by atoms with van der Waals surface area (Å²) < 4.78 is 53.6. The van der Waals surface area contributed by atoms with Gasteiger partial charge in [-0.05, 0) is 50.9 Å². The van der Waals surface area contributed by atoms with Crippen molar-refractivity contribution in [2.24, 2.45) is 11.8 Å². The quantitative estimate of drug-likeness (QED) is 0.463. The molecule has 3 aliphatic heterocycles. The average Bonchev–Trinajstić information content (AvgIpc) is 3.41. The highest BCUT2D eigenvalue weighted by molar-refractivity contribution is 5.82. The zero-order valence-electron chi connectivity index (χ0n) is 19.1. The second kappa shape index (κ2) is 9.22. The van der Waals surface area contributed by atoms with Crippen LogP contribution in [0.5, 0.6) is 0 Å². The molecular weight excluding hydrogens is 440 g/mol. The number of hydrogen-bond donors (Lipinski definition) is 4. The standard InChI is InChI=1S/C22H36F4N6O/c1-12-5-6-16(23)15-10-17(28-19(12)15)20(33)27-13-3-2-4-14(9-13)31-7-8-32-18(11-31)29-21(30-32)22(24,25)26/h12-19,21,28-30H,2-11H2,1H3,(H,27,33)/t12?,13-,14-,15?,16?,17?,18?,19?,21?/m1/s1. The second-order valence-electron chi connectivity index (χ2n) is 10.7. The number of rotatable bonds is 3. The summed E-state index contributed by atoms with van der Waals surface area (Å²) in [5.74, 6) is 0.273. The summed E-state index contributed by atoms with van der Waals surface area (Å²) in [6.45, 7) is 3.88. The van der Waals surface area contributed by atoms with Gasteiger partial charge in [0.2, 0.25) is 5.91 Å². The first-order chi connectivity index (χ1) is 15.7. The Balaban J connectivity index is 1.13. The first kappa shape index (κ1) is 23.7. The molecule has 5 fully saturated rings. The van der Waals surface area contributed by atoms with Gasteiger partial charge in [0.05, 0.1) is 12.2 Å². The lowest BCUT2D eigenvalue weighted by Gasteiger charge is -2.43. The number of fused-ring (bicyclic) bond motifs is 2. The van der Waals surface area contributed by atoms with Crippen LogP contribution in [-0.2, 0) is 4.79 Å². The van der Waals surface area contributed by atoms with Crippen molar-refractivity contribution in [3.8, 4) is 0 Å². The molecule has 2 aliphatic carbocycles. The van der Waals surface area contributed by atoms with E-state index in [1.807, 2.05) is 0 Å². The molecule has 0 bridgehead atoms. The molecule has 188 valence electrons. The number of nitrogens with one attached hydrogen (secondary N) is 4. The second-order valence-corrected chi connectivity index (χ2v) is 10.7. The van der Waals surface area contributed by atoms with Crippen LogP contribution in [0.4, 0.5) is 17.6 Å². The zero-order valence-corrected chi connectivity index (χ0v) is 19.1. The van der Waals surface area contributed by atoms with E-state index in [1.54, 1.807) is 5.01 Å². The first-order valence-electron chi connectivity index (χ1n) is 12.5. The van der Waals surface area contributed by atoms with Crippen LogP contribution >= 0.6 is 0 Å². The number of halogens is 4. The number of hydrogen-bond acceptors (Lipinski definition) is 6. The third-order valence-corrected chi connectivity index (χ3v) is 8.56. The van der Waals surface area contributed by atoms with Gasteiger partial charge in [-0.2, -0.15) is 13.2 Å². The number of amides is 1. The Labute approximate surface area is 192 Å². The van der Waals surface area contributed by atoms with Crippen LogP contribution in [-0.4, -0.2) is 84.3 Å². The zero-order chi connectivity index (χ0) is 23.3. The summed E-state index contributed by atoms with van der Waals surface area (Å²) >= 11 is 0. The Morgan fingerprint density at radius 3 is 2.64 bits per heavy atom. The van der Waals surface area contributed by atoms with Gasteiger partial charge in [0.1, 0.15) is 6.17 Å². The van der Waals surface area contributed by atoms with Crippen LogP contribution < -0.4 is 21.4 Å². The maximum absolute atomic E-state index is 14.4. The smallest absolute Gasteiger partial charge is 0.352 e. The number of hydrazine groups is 1. The molecular formula is C22H36F4N6O. The molecule has 0 spiro atoms. The van der Waals surface area contributed by atoms with Crippen LogP contribution in [0, 0.1) is 11.8 Å². The Kier molecular flexibility index (Phi) is 6.63. The molecule has 0 aromatic rings. The van der Waals surface area contributed by atoms with Gasteiger partial charge in [0, 0.05) is 43.7 Å². The molecule has 3 saturated heterocycles. The Hall–Kier alpha value is -1.01. The van der Waals surface area contributed by atoms with Gasteiger partial charge in [0.15, 0.2) is 6.17 Å². The molecule has 7 unspecified atom stereocenters. The van der Waals surface area contributed by atoms with Gasteiger partial charge >= 0.3 is 6.18 Å². The van der Waals surface area contributed by atoms with Crippen molar-refractivity contribution in [1.82, 2.24) is 31.3 Å². The first-order valence-corrected chi connectivity index (χ1v) is 12.5. The van der Waals surface area contributed by atoms with Crippen molar-refractivity contribution in [3.05, 3.63) is 0 Å². The molecule has 0 radical (unpaired) electrons. The number of piperazine rings is 1. The minimum Gasteiger partial charge on any atom is -0.352 e. The van der Waals surface area contributed by atoms with Crippen molar-refractivity contribution in [2.75, 3.05) is 19.6 Å². The van der Waals surface area contributed by atoms with Crippen molar-refractivity contribution < 1.29 is 22.4 Å². The van der Waals surface area contributed by atoms with Gasteiger partial charge < -0.3 is 10.6 Å². The topological polar surface area (TPSA) is 71.7 Å². The Morgan fingerprint density at radius 2 is 1.88 bits per heavy atom. The van der Waals surface area contributed by atoms with Crippen LogP contribution in [0.1, 0.15) is 51.9 Å². The largest absolute Gasteiger partial charge is 0.418 e. The highest BCUT2D eigenvalue weighted by Gasteiger charge is 2.49. The van der Waals surface area contributed by atoms with Crippen LogP contribution in [0.2, 0.25) is 0 Å². The monoisotopic (exact) mass is 476 g/mol. The molecule has 33 heavy (non-hydrogen) atoms. The van der Waals surface area contributed by atoms with E-state index in [2.05, 4.69) is 33.2 Å². The maximum Gasteiger partial charge on any atom is 0.418 e. The Bertz CT molecular complexity index is 707. The van der Waals surface area contributed by atoms with E-state index in [9.17, 15) is 22.4 Å². The fraction of sp³-hybridized carbons (Fsp3) is 0.955. The van der Waals surface area contributed by atoms with Crippen LogP contribution in [0.3, 0.4) is 0 Å². The summed E-state index contributed by atoms with van der Waals surface area (Å²) in [6, 6.07) is 0.0333. The molecule has 0 aromatic carbocycles. The number of alkyl halides is 4. The molecule has 3 heterocycles. The normalized spacial score (nSPS) is 44.9. The van der Waals surface area contributed by atoms with E-state index in [1.165, 1.54) is 0 Å². The molecule has 2 saturated carbocycles. The highest BCUT2D eigenvalue weighted by Crippen LogP contribution is 2.38. The lowest BCUT2D eigenvalue weighted by atomic mass is 9.77. The molecule has 4 N–H and O–H groups in total. The number of carbonyl (C=O) groups excluding carboxylic acids is 1. The number of carbonyl (C=O) groups is 1. The maximum atomic E-state index is 14.4. The molecule has 1 amide bonds. The van der Waals surface area contributed by atoms with Crippen molar-refractivity contribution >= 4 is 5.91 Å². The van der Waals surface area contributed by atoms with Crippen LogP contribution in [0.25, 0.3) is 0 Å². The SMILES string of the molecule is CC1CCC(F)C2CC(C(=O)N[C@@H]3CCC[C@@H](N4CCN5NC(C(F)(F)F)NC5C4)C3)NC12. The van der Waals surface area contributed by atoms with Crippen molar-refractivity contribution in [2.45, 2.75) is 101 Å². The molecule has 11 heteroatoms. The third kappa shape index (κ3) is 4.89. The molecule has 5 aliphatic rings. The minimum absolute atomic E-state index is 0.0334. The molecule has 7 nitrogen and oxygen atoms in total. The summed E-state index contributed by atoms with van der Waals surface area (Å²) in [6.07, 6.45) is -1.55. The van der Waals surface area contributed by atoms with E-state index < -0.39 is 18.5 Å². The van der Waals surface area contributed by atoms with Crippen molar-refractivity contribution in [1.29, 1.82) is 0 Å². The third-order valence-electron chi connectivity index (χ3n) is 8.56. The predicted molar refractivity (Wildman–Crippen MR) is 114 cm³/mol. The van der Waals surface area contributed by atoms with E-state index in [0.29, 0.717) is 38.4 Å². The van der Waals surface area contributed by atoms with E-state index in [-0.39, 0.29) is 42.2 Å². The summed E-state index contributed by atoms with van der Waals surface area (Å²) in [5, 5.41) is 10.9. The van der Waals surface area contributed by atoms with Gasteiger partial charge in [-0.15, -0.1) is 0 Å². The van der Waals surface area contributed by atoms with Crippen LogP contribution in [0.15, 0.2) is 0 Å². The summed E-state index contributed by atoms with van der Waals surface area (Å²) in [7, 11) is 0. The van der Waals surface area contributed by atoms with Crippen molar-refractivity contribution in [3.63, 3.8) is 0 Å². The lowest BCUT2D eigenvalue weighted by Crippen LogP contribution is -2.59. The van der Waals surface area contributed by atoms with Gasteiger partial charge in [0.25, 0.3) is 0 Å². The average molecular weight is 477 g/mol. The fourth-order valence-electron chi connectivity index (χ4n) is 6.72. The fourth-order valence-corrected chi connectivity index (χ4v) is 6.72. The predicted octanol–water partition coefficient (Wildman–Crippen LogP) is 1.47. The van der Waals surface area contributed by atoms with Gasteiger partial charge in [-0.25, -0.2) is 14.8 Å². The minimum atomic E-state index is -4.33. The highest BCUT2D eigenvalue weighted by atomic mass is 19.4. The van der Waals surface area contributed by atoms with Gasteiger partial charge in [-0.3, -0.25) is 15.0 Å². The van der Waals surface area contributed by atoms with E-state index in [0.717, 1.165) is 32.1 Å².